The minimum atomic E-state index is -1.05. The van der Waals surface area contributed by atoms with Crippen molar-refractivity contribution in [1.82, 2.24) is 14.9 Å². The minimum absolute atomic E-state index is 0.156. The van der Waals surface area contributed by atoms with Crippen LogP contribution in [0.4, 0.5) is 0 Å². The van der Waals surface area contributed by atoms with Gasteiger partial charge in [-0.25, -0.2) is 4.98 Å². The van der Waals surface area contributed by atoms with Crippen LogP contribution in [-0.4, -0.2) is 32.7 Å². The van der Waals surface area contributed by atoms with E-state index in [0.29, 0.717) is 6.42 Å². The number of rotatable bonds is 8. The number of aryl methyl sites for hydroxylation is 2. The summed E-state index contributed by atoms with van der Waals surface area (Å²) in [6.07, 6.45) is 4.10. The van der Waals surface area contributed by atoms with Gasteiger partial charge in [-0.2, -0.15) is 0 Å². The first-order chi connectivity index (χ1) is 12.6. The van der Waals surface area contributed by atoms with Crippen LogP contribution in [0.1, 0.15) is 38.3 Å². The Balaban J connectivity index is 2.09. The number of nitrogens with one attached hydrogen (secondary N) is 1. The number of imidazole rings is 1. The summed E-state index contributed by atoms with van der Waals surface area (Å²) in [5.41, 5.74) is 7.79. The highest BCUT2D eigenvalue weighted by Gasteiger charge is 2.33. The van der Waals surface area contributed by atoms with E-state index in [9.17, 15) is 9.59 Å². The highest BCUT2D eigenvalue weighted by atomic mass is 32.2. The van der Waals surface area contributed by atoms with Crippen molar-refractivity contribution in [3.8, 4) is 5.69 Å². The summed E-state index contributed by atoms with van der Waals surface area (Å²) in [4.78, 5) is 28.6. The van der Waals surface area contributed by atoms with Crippen LogP contribution in [0.25, 0.3) is 5.69 Å². The summed E-state index contributed by atoms with van der Waals surface area (Å²) in [5, 5.41) is 3.52. The van der Waals surface area contributed by atoms with Crippen LogP contribution < -0.4 is 11.1 Å². The Hall–Kier alpha value is -2.28. The molecule has 0 aliphatic heterocycles. The highest BCUT2D eigenvalue weighted by Crippen LogP contribution is 2.24. The molecule has 1 aromatic heterocycles. The fraction of sp³-hybridized carbons (Fsp3) is 0.450. The third-order valence-corrected chi connectivity index (χ3v) is 5.31. The van der Waals surface area contributed by atoms with E-state index < -0.39 is 11.4 Å². The summed E-state index contributed by atoms with van der Waals surface area (Å²) < 4.78 is 1.97. The van der Waals surface area contributed by atoms with Crippen molar-refractivity contribution in [1.29, 1.82) is 0 Å². The predicted molar refractivity (Wildman–Crippen MR) is 109 cm³/mol. The molecular formula is C20H28N4O2S. The van der Waals surface area contributed by atoms with Crippen molar-refractivity contribution in [3.05, 3.63) is 41.7 Å². The van der Waals surface area contributed by atoms with Gasteiger partial charge >= 0.3 is 0 Å². The van der Waals surface area contributed by atoms with E-state index in [2.05, 4.69) is 28.5 Å². The van der Waals surface area contributed by atoms with Crippen molar-refractivity contribution >= 4 is 23.6 Å². The van der Waals surface area contributed by atoms with Crippen molar-refractivity contribution in [2.45, 2.75) is 51.7 Å². The molecule has 146 valence electrons. The molecule has 1 heterocycles. The number of aromatic nitrogens is 2. The molecule has 2 aromatic rings. The van der Waals surface area contributed by atoms with Crippen LogP contribution in [0, 0.1) is 19.8 Å². The number of nitrogens with zero attached hydrogens (tertiary/aromatic N) is 2. The fourth-order valence-electron chi connectivity index (χ4n) is 3.06. The van der Waals surface area contributed by atoms with Gasteiger partial charge in [0, 0.05) is 12.4 Å². The van der Waals surface area contributed by atoms with Crippen molar-refractivity contribution in [2.24, 2.45) is 11.7 Å². The van der Waals surface area contributed by atoms with E-state index >= 15 is 0 Å². The Kier molecular flexibility index (Phi) is 6.70. The number of benzene rings is 1. The molecule has 2 amide bonds. The van der Waals surface area contributed by atoms with E-state index in [1.165, 1.54) is 11.8 Å². The molecule has 0 spiro atoms. The van der Waals surface area contributed by atoms with Crippen LogP contribution in [-0.2, 0) is 9.59 Å². The van der Waals surface area contributed by atoms with Crippen LogP contribution in [0.3, 0.4) is 0 Å². The molecule has 1 aromatic carbocycles. The van der Waals surface area contributed by atoms with Crippen LogP contribution >= 0.6 is 11.8 Å². The highest BCUT2D eigenvalue weighted by molar-refractivity contribution is 7.99. The molecule has 7 heteroatoms. The molecule has 0 aliphatic carbocycles. The maximum atomic E-state index is 12.4. The second kappa shape index (κ2) is 8.61. The van der Waals surface area contributed by atoms with E-state index in [1.54, 1.807) is 13.1 Å². The summed E-state index contributed by atoms with van der Waals surface area (Å²) in [7, 11) is 0. The van der Waals surface area contributed by atoms with Gasteiger partial charge in [0.1, 0.15) is 5.54 Å². The smallest absolute Gasteiger partial charge is 0.242 e. The lowest BCUT2D eigenvalue weighted by molar-refractivity contribution is -0.130. The van der Waals surface area contributed by atoms with Crippen molar-refractivity contribution in [3.63, 3.8) is 0 Å². The van der Waals surface area contributed by atoms with E-state index in [1.807, 2.05) is 38.5 Å². The van der Waals surface area contributed by atoms with Gasteiger partial charge in [0.15, 0.2) is 5.16 Å². The van der Waals surface area contributed by atoms with Gasteiger partial charge in [0.05, 0.1) is 11.4 Å². The number of thioether (sulfide) groups is 1. The Bertz CT molecular complexity index is 831. The molecule has 0 saturated heterocycles. The summed E-state index contributed by atoms with van der Waals surface area (Å²) in [6.45, 7) is 9.74. The number of primary amides is 1. The molecule has 0 fully saturated rings. The Morgan fingerprint density at radius 3 is 2.67 bits per heavy atom. The molecule has 0 saturated carbocycles. The molecule has 1 atom stereocenters. The maximum Gasteiger partial charge on any atom is 0.242 e. The van der Waals surface area contributed by atoms with Crippen molar-refractivity contribution in [2.75, 3.05) is 5.75 Å². The first-order valence-corrected chi connectivity index (χ1v) is 9.95. The van der Waals surface area contributed by atoms with Gasteiger partial charge in [0.25, 0.3) is 0 Å². The van der Waals surface area contributed by atoms with Gasteiger partial charge in [-0.15, -0.1) is 0 Å². The summed E-state index contributed by atoms with van der Waals surface area (Å²) >= 11 is 1.33. The third kappa shape index (κ3) is 5.35. The third-order valence-electron chi connectivity index (χ3n) is 4.34. The molecule has 0 radical (unpaired) electrons. The zero-order chi connectivity index (χ0) is 20.2. The molecule has 0 aliphatic rings. The number of carbonyl (C=O) groups is 2. The fourth-order valence-corrected chi connectivity index (χ4v) is 3.83. The lowest BCUT2D eigenvalue weighted by atomic mass is 9.90. The van der Waals surface area contributed by atoms with E-state index in [-0.39, 0.29) is 17.6 Å². The van der Waals surface area contributed by atoms with Gasteiger partial charge in [-0.3, -0.25) is 14.2 Å². The number of hydrogen-bond donors (Lipinski definition) is 2. The Morgan fingerprint density at radius 2 is 2.04 bits per heavy atom. The minimum Gasteiger partial charge on any atom is -0.368 e. The normalized spacial score (nSPS) is 13.4. The number of carbonyl (C=O) groups excluding carboxylic acids is 2. The number of hydrogen-bond acceptors (Lipinski definition) is 4. The first-order valence-electron chi connectivity index (χ1n) is 8.97. The topological polar surface area (TPSA) is 90.0 Å². The van der Waals surface area contributed by atoms with Crippen molar-refractivity contribution < 1.29 is 9.59 Å². The quantitative estimate of drug-likeness (QED) is 0.680. The lowest BCUT2D eigenvalue weighted by Crippen LogP contribution is -2.56. The van der Waals surface area contributed by atoms with Crippen LogP contribution in [0.5, 0.6) is 0 Å². The largest absolute Gasteiger partial charge is 0.368 e. The van der Waals surface area contributed by atoms with Gasteiger partial charge in [-0.05, 0) is 50.3 Å². The number of nitrogens with two attached hydrogens (primary N) is 1. The zero-order valence-corrected chi connectivity index (χ0v) is 17.4. The van der Waals surface area contributed by atoms with Gasteiger partial charge < -0.3 is 11.1 Å². The van der Waals surface area contributed by atoms with E-state index in [0.717, 1.165) is 22.0 Å². The van der Waals surface area contributed by atoms with Crippen LogP contribution in [0.15, 0.2) is 35.7 Å². The molecular weight excluding hydrogens is 360 g/mol. The SMILES string of the molecule is Cc1ccc(C)c(-n2ccnc2SCC(=O)NC(C)(CC(C)C)C(N)=O)c1. The summed E-state index contributed by atoms with van der Waals surface area (Å²) in [6, 6.07) is 6.22. The second-order valence-electron chi connectivity index (χ2n) is 7.50. The zero-order valence-electron chi connectivity index (χ0n) is 16.6. The molecule has 27 heavy (non-hydrogen) atoms. The second-order valence-corrected chi connectivity index (χ2v) is 8.44. The monoisotopic (exact) mass is 388 g/mol. The predicted octanol–water partition coefficient (Wildman–Crippen LogP) is 2.99. The first kappa shape index (κ1) is 21.0. The Labute approximate surface area is 164 Å². The molecule has 2 rings (SSSR count). The molecule has 3 N–H and O–H groups in total. The number of amides is 2. The molecule has 6 nitrogen and oxygen atoms in total. The summed E-state index contributed by atoms with van der Waals surface area (Å²) in [5.74, 6) is -0.370. The van der Waals surface area contributed by atoms with E-state index in [4.69, 9.17) is 5.73 Å². The molecule has 0 bridgehead atoms. The standard InChI is InChI=1S/C20H28N4O2S/c1-13(2)11-20(5,18(21)26)23-17(25)12-27-19-22-8-9-24(19)16-10-14(3)6-7-15(16)4/h6-10,13H,11-12H2,1-5H3,(H2,21,26)(H,23,25). The molecule has 1 unspecified atom stereocenters. The van der Waals surface area contributed by atoms with Gasteiger partial charge in [0.2, 0.25) is 11.8 Å². The van der Waals surface area contributed by atoms with Gasteiger partial charge in [-0.1, -0.05) is 37.7 Å². The average molecular weight is 389 g/mol. The van der Waals surface area contributed by atoms with Crippen LogP contribution in [0.2, 0.25) is 0 Å². The Morgan fingerprint density at radius 1 is 1.33 bits per heavy atom. The maximum absolute atomic E-state index is 12.4. The average Bonchev–Trinajstić information content (AvgIpc) is 3.02. The lowest BCUT2D eigenvalue weighted by Gasteiger charge is -2.29.